The molecule has 1 saturated carbocycles. The number of para-hydroxylation sites is 2. The van der Waals surface area contributed by atoms with E-state index in [1.54, 1.807) is 0 Å². The van der Waals surface area contributed by atoms with Crippen LogP contribution in [-0.2, 0) is 11.3 Å². The maximum Gasteiger partial charge on any atom is 0.326 e. The number of amides is 1. The molecule has 1 aromatic heterocycles. The second kappa shape index (κ2) is 5.13. The Hall–Kier alpha value is -2.08. The Labute approximate surface area is 116 Å². The van der Waals surface area contributed by atoms with Crippen molar-refractivity contribution in [3.8, 4) is 0 Å². The van der Waals surface area contributed by atoms with Crippen molar-refractivity contribution in [3.05, 3.63) is 34.7 Å². The standard InChI is InChI=1S/C14H18N4O2/c15-10(9-5-6-9)7-16-13(19)8-18-12-4-2-1-3-11(12)17-14(18)20/h1-4,9-10H,5-8,15H2,(H,16,19)(H,17,20). The van der Waals surface area contributed by atoms with Crippen LogP contribution in [0.15, 0.2) is 29.1 Å². The summed E-state index contributed by atoms with van der Waals surface area (Å²) in [5, 5.41) is 2.80. The molecule has 6 nitrogen and oxygen atoms in total. The van der Waals surface area contributed by atoms with Crippen molar-refractivity contribution in [3.63, 3.8) is 0 Å². The van der Waals surface area contributed by atoms with E-state index in [0.29, 0.717) is 12.5 Å². The molecule has 1 aliphatic rings. The Morgan fingerprint density at radius 3 is 2.95 bits per heavy atom. The van der Waals surface area contributed by atoms with Crippen molar-refractivity contribution in [2.75, 3.05) is 6.54 Å². The minimum atomic E-state index is -0.271. The van der Waals surface area contributed by atoms with Gasteiger partial charge >= 0.3 is 5.69 Å². The van der Waals surface area contributed by atoms with E-state index in [9.17, 15) is 9.59 Å². The van der Waals surface area contributed by atoms with Crippen LogP contribution >= 0.6 is 0 Å². The van der Waals surface area contributed by atoms with Gasteiger partial charge in [-0.15, -0.1) is 0 Å². The fourth-order valence-electron chi connectivity index (χ4n) is 2.39. The first-order valence-corrected chi connectivity index (χ1v) is 6.85. The van der Waals surface area contributed by atoms with Gasteiger partial charge in [0, 0.05) is 12.6 Å². The number of aromatic nitrogens is 2. The number of H-pyrrole nitrogens is 1. The molecule has 0 radical (unpaired) electrons. The van der Waals surface area contributed by atoms with Crippen LogP contribution in [0, 0.1) is 5.92 Å². The molecular weight excluding hydrogens is 256 g/mol. The van der Waals surface area contributed by atoms with Gasteiger partial charge in [-0.05, 0) is 30.9 Å². The molecule has 1 fully saturated rings. The molecule has 0 saturated heterocycles. The minimum Gasteiger partial charge on any atom is -0.353 e. The van der Waals surface area contributed by atoms with E-state index in [1.165, 1.54) is 4.57 Å². The molecule has 0 spiro atoms. The Morgan fingerprint density at radius 2 is 2.20 bits per heavy atom. The molecule has 1 amide bonds. The summed E-state index contributed by atoms with van der Waals surface area (Å²) < 4.78 is 1.44. The van der Waals surface area contributed by atoms with Crippen LogP contribution in [0.2, 0.25) is 0 Å². The van der Waals surface area contributed by atoms with E-state index < -0.39 is 0 Å². The van der Waals surface area contributed by atoms with Crippen molar-refractivity contribution in [1.29, 1.82) is 0 Å². The Balaban J connectivity index is 1.67. The molecule has 1 aliphatic carbocycles. The van der Waals surface area contributed by atoms with Gasteiger partial charge in [-0.1, -0.05) is 12.1 Å². The van der Waals surface area contributed by atoms with Crippen LogP contribution in [0.4, 0.5) is 0 Å². The normalized spacial score (nSPS) is 16.2. The van der Waals surface area contributed by atoms with Gasteiger partial charge in [0.05, 0.1) is 11.0 Å². The first-order chi connectivity index (χ1) is 9.65. The average molecular weight is 274 g/mol. The molecule has 1 heterocycles. The molecule has 3 rings (SSSR count). The summed E-state index contributed by atoms with van der Waals surface area (Å²) in [7, 11) is 0. The third-order valence-electron chi connectivity index (χ3n) is 3.75. The monoisotopic (exact) mass is 274 g/mol. The quantitative estimate of drug-likeness (QED) is 0.726. The van der Waals surface area contributed by atoms with E-state index >= 15 is 0 Å². The van der Waals surface area contributed by atoms with Crippen LogP contribution in [0.3, 0.4) is 0 Å². The number of nitrogens with zero attached hydrogens (tertiary/aromatic N) is 1. The highest BCUT2D eigenvalue weighted by atomic mass is 16.2. The predicted molar refractivity (Wildman–Crippen MR) is 76.3 cm³/mol. The first-order valence-electron chi connectivity index (χ1n) is 6.85. The number of fused-ring (bicyclic) bond motifs is 1. The molecule has 1 atom stereocenters. The van der Waals surface area contributed by atoms with Crippen LogP contribution in [0.5, 0.6) is 0 Å². The molecule has 0 bridgehead atoms. The molecule has 6 heteroatoms. The van der Waals surface area contributed by atoms with Gasteiger partial charge in [0.1, 0.15) is 6.54 Å². The van der Waals surface area contributed by atoms with Crippen LogP contribution in [0.1, 0.15) is 12.8 Å². The van der Waals surface area contributed by atoms with Gasteiger partial charge in [0.2, 0.25) is 5.91 Å². The summed E-state index contributed by atoms with van der Waals surface area (Å²) in [6.45, 7) is 0.487. The summed E-state index contributed by atoms with van der Waals surface area (Å²) in [4.78, 5) is 26.5. The smallest absolute Gasteiger partial charge is 0.326 e. The summed E-state index contributed by atoms with van der Waals surface area (Å²) in [5.41, 5.74) is 7.13. The Bertz CT molecular complexity index is 684. The van der Waals surface area contributed by atoms with Crippen LogP contribution in [-0.4, -0.2) is 28.0 Å². The van der Waals surface area contributed by atoms with Crippen LogP contribution in [0.25, 0.3) is 11.0 Å². The second-order valence-corrected chi connectivity index (χ2v) is 5.34. The fraction of sp³-hybridized carbons (Fsp3) is 0.429. The third kappa shape index (κ3) is 2.60. The number of hydrogen-bond donors (Lipinski definition) is 3. The third-order valence-corrected chi connectivity index (χ3v) is 3.75. The van der Waals surface area contributed by atoms with Crippen molar-refractivity contribution >= 4 is 16.9 Å². The number of hydrogen-bond acceptors (Lipinski definition) is 3. The van der Waals surface area contributed by atoms with Gasteiger partial charge in [0.25, 0.3) is 0 Å². The molecule has 1 aromatic carbocycles. The maximum atomic E-state index is 11.9. The lowest BCUT2D eigenvalue weighted by Crippen LogP contribution is -2.40. The predicted octanol–water partition coefficient (Wildman–Crippen LogP) is 0.183. The zero-order valence-corrected chi connectivity index (χ0v) is 11.1. The van der Waals surface area contributed by atoms with Crippen LogP contribution < -0.4 is 16.7 Å². The molecule has 20 heavy (non-hydrogen) atoms. The number of carbonyl (C=O) groups is 1. The van der Waals surface area contributed by atoms with Crippen molar-refractivity contribution in [2.45, 2.75) is 25.4 Å². The topological polar surface area (TPSA) is 92.9 Å². The second-order valence-electron chi connectivity index (χ2n) is 5.34. The lowest BCUT2D eigenvalue weighted by molar-refractivity contribution is -0.121. The van der Waals surface area contributed by atoms with Crippen molar-refractivity contribution in [2.24, 2.45) is 11.7 Å². The number of nitrogens with two attached hydrogens (primary N) is 1. The highest BCUT2D eigenvalue weighted by Gasteiger charge is 2.28. The number of aromatic amines is 1. The number of imidazole rings is 1. The summed E-state index contributed by atoms with van der Waals surface area (Å²) in [5.74, 6) is 0.360. The molecule has 106 valence electrons. The molecule has 2 aromatic rings. The van der Waals surface area contributed by atoms with Gasteiger partial charge in [0.15, 0.2) is 0 Å². The lowest BCUT2D eigenvalue weighted by atomic mass is 10.2. The van der Waals surface area contributed by atoms with Gasteiger partial charge in [-0.25, -0.2) is 4.79 Å². The summed E-state index contributed by atoms with van der Waals surface area (Å²) in [6.07, 6.45) is 2.30. The number of carbonyl (C=O) groups excluding carboxylic acids is 1. The fourth-order valence-corrected chi connectivity index (χ4v) is 2.39. The highest BCUT2D eigenvalue weighted by Crippen LogP contribution is 2.31. The zero-order valence-electron chi connectivity index (χ0n) is 11.1. The number of rotatable bonds is 5. The first kappa shape index (κ1) is 12.9. The van der Waals surface area contributed by atoms with Crippen molar-refractivity contribution < 1.29 is 4.79 Å². The minimum absolute atomic E-state index is 0.0141. The molecular formula is C14H18N4O2. The van der Waals surface area contributed by atoms with Gasteiger partial charge < -0.3 is 16.0 Å². The van der Waals surface area contributed by atoms with E-state index in [1.807, 2.05) is 24.3 Å². The Kier molecular flexibility index (Phi) is 3.31. The number of nitrogens with one attached hydrogen (secondary N) is 2. The molecule has 1 unspecified atom stereocenters. The van der Waals surface area contributed by atoms with Crippen molar-refractivity contribution in [1.82, 2.24) is 14.9 Å². The lowest BCUT2D eigenvalue weighted by Gasteiger charge is -2.11. The average Bonchev–Trinajstić information content (AvgIpc) is 3.23. The maximum absolute atomic E-state index is 11.9. The number of benzene rings is 1. The van der Waals surface area contributed by atoms with E-state index in [4.69, 9.17) is 5.73 Å². The molecule has 0 aliphatic heterocycles. The Morgan fingerprint density at radius 1 is 1.45 bits per heavy atom. The van der Waals surface area contributed by atoms with E-state index in [-0.39, 0.29) is 24.2 Å². The van der Waals surface area contributed by atoms with Gasteiger partial charge in [-0.2, -0.15) is 0 Å². The summed E-state index contributed by atoms with van der Waals surface area (Å²) >= 11 is 0. The molecule has 4 N–H and O–H groups in total. The largest absolute Gasteiger partial charge is 0.353 e. The zero-order chi connectivity index (χ0) is 14.1. The van der Waals surface area contributed by atoms with E-state index in [2.05, 4.69) is 10.3 Å². The van der Waals surface area contributed by atoms with E-state index in [0.717, 1.165) is 23.9 Å². The highest BCUT2D eigenvalue weighted by molar-refractivity contribution is 5.80. The summed E-state index contributed by atoms with van der Waals surface area (Å²) in [6, 6.07) is 7.34. The SMILES string of the molecule is NC(CNC(=O)Cn1c(=O)[nH]c2ccccc21)C1CC1. The van der Waals surface area contributed by atoms with Gasteiger partial charge in [-0.3, -0.25) is 9.36 Å².